The fourth-order valence-corrected chi connectivity index (χ4v) is 3.27. The van der Waals surface area contributed by atoms with Crippen LogP contribution in [0.25, 0.3) is 11.3 Å². The van der Waals surface area contributed by atoms with Gasteiger partial charge in [0.1, 0.15) is 5.69 Å². The minimum atomic E-state index is -0.0718. The van der Waals surface area contributed by atoms with E-state index in [-0.39, 0.29) is 17.9 Å². The predicted molar refractivity (Wildman–Crippen MR) is 99.4 cm³/mol. The molecule has 1 aromatic heterocycles. The number of H-pyrrole nitrogens is 1. The molecule has 1 atom stereocenters. The lowest BCUT2D eigenvalue weighted by molar-refractivity contribution is -0.121. The van der Waals surface area contributed by atoms with Crippen LogP contribution in [0.15, 0.2) is 36.4 Å². The molecule has 1 unspecified atom stereocenters. The minimum Gasteiger partial charge on any atom is -0.354 e. The number of nitrogens with two attached hydrogens (primary N) is 1. The van der Waals surface area contributed by atoms with Gasteiger partial charge < -0.3 is 16.0 Å². The Morgan fingerprint density at radius 1 is 1.27 bits per heavy atom. The zero-order chi connectivity index (χ0) is 18.4. The minimum absolute atomic E-state index is 0.00134. The van der Waals surface area contributed by atoms with E-state index in [0.717, 1.165) is 30.5 Å². The van der Waals surface area contributed by atoms with Crippen LogP contribution in [-0.2, 0) is 4.79 Å². The number of hydrogen-bond acceptors (Lipinski definition) is 4. The highest BCUT2D eigenvalue weighted by atomic mass is 16.2. The lowest BCUT2D eigenvalue weighted by Crippen LogP contribution is -2.49. The van der Waals surface area contributed by atoms with Gasteiger partial charge in [-0.2, -0.15) is 5.10 Å². The Balaban J connectivity index is 1.68. The van der Waals surface area contributed by atoms with Crippen LogP contribution in [0, 0.1) is 0 Å². The van der Waals surface area contributed by atoms with Gasteiger partial charge in [-0.1, -0.05) is 30.3 Å². The van der Waals surface area contributed by atoms with Gasteiger partial charge >= 0.3 is 0 Å². The molecule has 138 valence electrons. The summed E-state index contributed by atoms with van der Waals surface area (Å²) in [5.74, 6) is -0.143. The largest absolute Gasteiger partial charge is 0.354 e. The molecule has 26 heavy (non-hydrogen) atoms. The van der Waals surface area contributed by atoms with E-state index in [1.807, 2.05) is 35.2 Å². The van der Waals surface area contributed by atoms with Crippen molar-refractivity contribution in [2.45, 2.75) is 31.7 Å². The lowest BCUT2D eigenvalue weighted by Gasteiger charge is -2.35. The number of rotatable bonds is 6. The van der Waals surface area contributed by atoms with E-state index in [1.165, 1.54) is 0 Å². The van der Waals surface area contributed by atoms with Crippen molar-refractivity contribution in [3.63, 3.8) is 0 Å². The van der Waals surface area contributed by atoms with Crippen molar-refractivity contribution in [2.24, 2.45) is 5.73 Å². The Morgan fingerprint density at radius 2 is 2.08 bits per heavy atom. The molecule has 1 aromatic carbocycles. The Kier molecular flexibility index (Phi) is 6.01. The molecule has 0 saturated carbocycles. The average molecular weight is 355 g/mol. The lowest BCUT2D eigenvalue weighted by atomic mass is 10.0. The highest BCUT2D eigenvalue weighted by Gasteiger charge is 2.28. The van der Waals surface area contributed by atoms with Gasteiger partial charge in [0.15, 0.2) is 0 Å². The molecule has 0 bridgehead atoms. The normalized spacial score (nSPS) is 17.1. The van der Waals surface area contributed by atoms with Crippen LogP contribution in [0.1, 0.15) is 36.2 Å². The van der Waals surface area contributed by atoms with Gasteiger partial charge in [-0.25, -0.2) is 0 Å². The Hall–Kier alpha value is -2.67. The maximum absolute atomic E-state index is 12.9. The zero-order valence-corrected chi connectivity index (χ0v) is 14.8. The number of piperidine rings is 1. The molecular weight excluding hydrogens is 330 g/mol. The predicted octanol–water partition coefficient (Wildman–Crippen LogP) is 1.54. The quantitative estimate of drug-likeness (QED) is 0.731. The van der Waals surface area contributed by atoms with Crippen molar-refractivity contribution >= 4 is 11.8 Å². The molecule has 0 spiro atoms. The van der Waals surface area contributed by atoms with Crippen LogP contribution >= 0.6 is 0 Å². The van der Waals surface area contributed by atoms with E-state index in [9.17, 15) is 9.59 Å². The number of amides is 2. The van der Waals surface area contributed by atoms with Crippen molar-refractivity contribution in [2.75, 3.05) is 19.6 Å². The van der Waals surface area contributed by atoms with Crippen molar-refractivity contribution < 1.29 is 9.59 Å². The fraction of sp³-hybridized carbons (Fsp3) is 0.421. The van der Waals surface area contributed by atoms with E-state index in [4.69, 9.17) is 5.73 Å². The van der Waals surface area contributed by atoms with Gasteiger partial charge in [-0.05, 0) is 25.3 Å². The first-order chi connectivity index (χ1) is 12.7. The number of likely N-dealkylation sites (tertiary alicyclic amines) is 1. The summed E-state index contributed by atoms with van der Waals surface area (Å²) in [6.45, 7) is 1.48. The van der Waals surface area contributed by atoms with E-state index in [2.05, 4.69) is 15.5 Å². The summed E-state index contributed by atoms with van der Waals surface area (Å²) in [6, 6.07) is 11.5. The number of nitrogens with zero attached hydrogens (tertiary/aromatic N) is 2. The van der Waals surface area contributed by atoms with Crippen LogP contribution in [0.5, 0.6) is 0 Å². The van der Waals surface area contributed by atoms with Crippen LogP contribution in [-0.4, -0.2) is 52.6 Å². The molecule has 2 heterocycles. The van der Waals surface area contributed by atoms with Crippen LogP contribution < -0.4 is 11.1 Å². The fourth-order valence-electron chi connectivity index (χ4n) is 3.27. The number of hydrogen-bond donors (Lipinski definition) is 3. The zero-order valence-electron chi connectivity index (χ0n) is 14.8. The monoisotopic (exact) mass is 355 g/mol. The second-order valence-corrected chi connectivity index (χ2v) is 6.52. The average Bonchev–Trinajstić information content (AvgIpc) is 3.17. The third-order valence-electron chi connectivity index (χ3n) is 4.67. The molecular formula is C19H25N5O2. The molecule has 7 heteroatoms. The van der Waals surface area contributed by atoms with Gasteiger partial charge in [-0.3, -0.25) is 14.7 Å². The molecule has 1 aliphatic heterocycles. The summed E-state index contributed by atoms with van der Waals surface area (Å²) in [7, 11) is 0. The molecule has 0 radical (unpaired) electrons. The van der Waals surface area contributed by atoms with E-state index >= 15 is 0 Å². The molecule has 4 N–H and O–H groups in total. The summed E-state index contributed by atoms with van der Waals surface area (Å²) >= 11 is 0. The summed E-state index contributed by atoms with van der Waals surface area (Å²) in [5.41, 5.74) is 7.59. The third kappa shape index (κ3) is 4.29. The third-order valence-corrected chi connectivity index (χ3v) is 4.67. The first-order valence-electron chi connectivity index (χ1n) is 9.07. The molecule has 2 aromatic rings. The summed E-state index contributed by atoms with van der Waals surface area (Å²) in [5, 5.41) is 10.0. The molecule has 1 aliphatic rings. The first kappa shape index (κ1) is 18.1. The van der Waals surface area contributed by atoms with Gasteiger partial charge in [0.25, 0.3) is 5.91 Å². The molecule has 0 aliphatic carbocycles. The van der Waals surface area contributed by atoms with Gasteiger partial charge in [0, 0.05) is 37.7 Å². The van der Waals surface area contributed by atoms with E-state index in [0.29, 0.717) is 31.7 Å². The van der Waals surface area contributed by atoms with Gasteiger partial charge in [0.05, 0.1) is 5.69 Å². The van der Waals surface area contributed by atoms with Crippen molar-refractivity contribution in [1.29, 1.82) is 0 Å². The van der Waals surface area contributed by atoms with Gasteiger partial charge in [0.2, 0.25) is 5.91 Å². The SMILES string of the molecule is NCCC(=O)NCC1CCCCN1C(=O)c1cc(-c2ccccc2)n[nH]1. The summed E-state index contributed by atoms with van der Waals surface area (Å²) < 4.78 is 0. The molecule has 2 amide bonds. The Labute approximate surface area is 153 Å². The highest BCUT2D eigenvalue weighted by Crippen LogP contribution is 2.21. The molecule has 1 fully saturated rings. The molecule has 1 saturated heterocycles. The van der Waals surface area contributed by atoms with E-state index < -0.39 is 0 Å². The number of aromatic amines is 1. The van der Waals surface area contributed by atoms with Crippen molar-refractivity contribution in [1.82, 2.24) is 20.4 Å². The number of nitrogens with one attached hydrogen (secondary N) is 2. The van der Waals surface area contributed by atoms with Gasteiger partial charge in [-0.15, -0.1) is 0 Å². The maximum Gasteiger partial charge on any atom is 0.272 e. The smallest absolute Gasteiger partial charge is 0.272 e. The van der Waals surface area contributed by atoms with Crippen LogP contribution in [0.3, 0.4) is 0 Å². The Bertz CT molecular complexity index is 743. The number of carbonyl (C=O) groups is 2. The highest BCUT2D eigenvalue weighted by molar-refractivity contribution is 5.93. The number of benzene rings is 1. The van der Waals surface area contributed by atoms with Crippen LogP contribution in [0.4, 0.5) is 0 Å². The van der Waals surface area contributed by atoms with Crippen molar-refractivity contribution in [3.8, 4) is 11.3 Å². The van der Waals surface area contributed by atoms with Crippen molar-refractivity contribution in [3.05, 3.63) is 42.1 Å². The Morgan fingerprint density at radius 3 is 2.85 bits per heavy atom. The summed E-state index contributed by atoms with van der Waals surface area (Å²) in [6.07, 6.45) is 3.22. The number of aromatic nitrogens is 2. The first-order valence-corrected chi connectivity index (χ1v) is 9.07. The standard InChI is InChI=1S/C19H25N5O2/c20-10-9-18(25)21-13-15-8-4-5-11-24(15)19(26)17-12-16(22-23-17)14-6-2-1-3-7-14/h1-3,6-7,12,15H,4-5,8-11,13,20H2,(H,21,25)(H,22,23). The second-order valence-electron chi connectivity index (χ2n) is 6.52. The maximum atomic E-state index is 12.9. The van der Waals surface area contributed by atoms with Crippen LogP contribution in [0.2, 0.25) is 0 Å². The number of carbonyl (C=O) groups excluding carboxylic acids is 2. The van der Waals surface area contributed by atoms with E-state index in [1.54, 1.807) is 6.07 Å². The summed E-state index contributed by atoms with van der Waals surface area (Å²) in [4.78, 5) is 26.5. The second kappa shape index (κ2) is 8.62. The molecule has 3 rings (SSSR count). The molecule has 7 nitrogen and oxygen atoms in total. The topological polar surface area (TPSA) is 104 Å².